The normalized spacial score (nSPS) is 16.9. The van der Waals surface area contributed by atoms with Crippen LogP contribution >= 0.6 is 11.3 Å². The fourth-order valence-electron chi connectivity index (χ4n) is 2.59. The van der Waals surface area contributed by atoms with Gasteiger partial charge in [-0.3, -0.25) is 0 Å². The molecule has 1 fully saturated rings. The Balaban J connectivity index is 1.88. The molecule has 0 atom stereocenters. The van der Waals surface area contributed by atoms with Gasteiger partial charge in [0.2, 0.25) is 10.0 Å². The lowest BCUT2D eigenvalue weighted by Gasteiger charge is -2.26. The van der Waals surface area contributed by atoms with Gasteiger partial charge in [0, 0.05) is 30.7 Å². The maximum Gasteiger partial charge on any atom is 0.243 e. The van der Waals surface area contributed by atoms with Crippen LogP contribution < -0.4 is 4.80 Å². The highest BCUT2D eigenvalue weighted by Gasteiger charge is 2.25. The summed E-state index contributed by atoms with van der Waals surface area (Å²) in [4.78, 5) is 5.77. The molecule has 0 N–H and O–H groups in total. The average Bonchev–Trinajstić information content (AvgIpc) is 2.97. The van der Waals surface area contributed by atoms with E-state index in [0.717, 1.165) is 16.2 Å². The monoisotopic (exact) mass is 379 g/mol. The molecule has 6 nitrogen and oxygen atoms in total. The lowest BCUT2D eigenvalue weighted by Crippen LogP contribution is -2.40. The molecule has 1 aliphatic rings. The molecule has 2 aromatic rings. The van der Waals surface area contributed by atoms with Crippen molar-refractivity contribution in [3.05, 3.63) is 52.8 Å². The first kappa shape index (κ1) is 18.1. The zero-order valence-corrected chi connectivity index (χ0v) is 15.7. The summed E-state index contributed by atoms with van der Waals surface area (Å²) in [5.74, 6) is 0. The summed E-state index contributed by atoms with van der Waals surface area (Å²) >= 11 is 1.55. The van der Waals surface area contributed by atoms with E-state index >= 15 is 0 Å². The van der Waals surface area contributed by atoms with Gasteiger partial charge in [-0.2, -0.15) is 4.31 Å². The van der Waals surface area contributed by atoms with Crippen LogP contribution in [0.3, 0.4) is 0 Å². The molecule has 134 valence electrons. The van der Waals surface area contributed by atoms with Gasteiger partial charge < -0.3 is 9.30 Å². The predicted octanol–water partition coefficient (Wildman–Crippen LogP) is 2.30. The number of rotatable bonds is 5. The molecule has 0 amide bonds. The summed E-state index contributed by atoms with van der Waals surface area (Å²) in [5.41, 5.74) is 1.84. The number of aromatic nitrogens is 1. The Morgan fingerprint density at radius 2 is 1.96 bits per heavy atom. The lowest BCUT2D eigenvalue weighted by molar-refractivity contribution is 0.0730. The minimum Gasteiger partial charge on any atom is -0.379 e. The second-order valence-corrected chi connectivity index (χ2v) is 8.46. The summed E-state index contributed by atoms with van der Waals surface area (Å²) < 4.78 is 34.0. The van der Waals surface area contributed by atoms with E-state index in [-0.39, 0.29) is 4.90 Å². The molecule has 0 radical (unpaired) electrons. The van der Waals surface area contributed by atoms with Crippen molar-refractivity contribution in [1.82, 2.24) is 8.87 Å². The lowest BCUT2D eigenvalue weighted by atomic mass is 10.3. The van der Waals surface area contributed by atoms with Crippen molar-refractivity contribution in [2.24, 2.45) is 4.99 Å². The molecule has 0 saturated carbocycles. The van der Waals surface area contributed by atoms with Crippen molar-refractivity contribution in [3.63, 3.8) is 0 Å². The topological polar surface area (TPSA) is 63.9 Å². The number of ether oxygens (including phenoxy) is 1. The van der Waals surface area contributed by atoms with E-state index in [9.17, 15) is 8.42 Å². The van der Waals surface area contributed by atoms with Gasteiger partial charge in [-0.1, -0.05) is 6.08 Å². The van der Waals surface area contributed by atoms with Crippen molar-refractivity contribution in [2.75, 3.05) is 26.3 Å². The highest BCUT2D eigenvalue weighted by atomic mass is 32.2. The molecule has 1 saturated heterocycles. The summed E-state index contributed by atoms with van der Waals surface area (Å²) in [6.45, 7) is 8.15. The van der Waals surface area contributed by atoms with Gasteiger partial charge in [-0.15, -0.1) is 17.9 Å². The number of nitrogens with zero attached hydrogens (tertiary/aromatic N) is 3. The van der Waals surface area contributed by atoms with Crippen molar-refractivity contribution >= 4 is 27.0 Å². The third kappa shape index (κ3) is 3.92. The number of benzene rings is 1. The molecule has 0 spiro atoms. The van der Waals surface area contributed by atoms with Crippen molar-refractivity contribution in [3.8, 4) is 0 Å². The predicted molar refractivity (Wildman–Crippen MR) is 98.5 cm³/mol. The second kappa shape index (κ2) is 7.65. The zero-order chi connectivity index (χ0) is 17.9. The fourth-order valence-corrected chi connectivity index (χ4v) is 4.91. The molecule has 0 bridgehead atoms. The molecule has 0 aliphatic carbocycles. The first-order chi connectivity index (χ1) is 12.0. The SMILES string of the molecule is C=CCn1c(C)csc1=Nc1ccc(S(=O)(=O)N2CCOCC2)cc1. The Bertz CT molecular complexity index is 905. The zero-order valence-electron chi connectivity index (χ0n) is 14.1. The quantitative estimate of drug-likeness (QED) is 0.749. The average molecular weight is 380 g/mol. The molecule has 8 heteroatoms. The molecule has 2 heterocycles. The van der Waals surface area contributed by atoms with Crippen LogP contribution in [0.1, 0.15) is 5.69 Å². The molecular weight excluding hydrogens is 358 g/mol. The van der Waals surface area contributed by atoms with Crippen LogP contribution in [0, 0.1) is 6.92 Å². The molecule has 1 aliphatic heterocycles. The second-order valence-electron chi connectivity index (χ2n) is 5.68. The van der Waals surface area contributed by atoms with Crippen molar-refractivity contribution < 1.29 is 13.2 Å². The van der Waals surface area contributed by atoms with Gasteiger partial charge in [0.1, 0.15) is 0 Å². The molecular formula is C17H21N3O3S2. The van der Waals surface area contributed by atoms with E-state index in [1.54, 1.807) is 35.6 Å². The van der Waals surface area contributed by atoms with E-state index in [1.807, 2.05) is 18.4 Å². The van der Waals surface area contributed by atoms with E-state index in [4.69, 9.17) is 4.74 Å². The fraction of sp³-hybridized carbons (Fsp3) is 0.353. The highest BCUT2D eigenvalue weighted by Crippen LogP contribution is 2.20. The van der Waals surface area contributed by atoms with E-state index in [0.29, 0.717) is 32.8 Å². The van der Waals surface area contributed by atoms with Crippen LogP contribution in [0.4, 0.5) is 5.69 Å². The third-order valence-corrected chi connectivity index (χ3v) is 6.87. The van der Waals surface area contributed by atoms with Gasteiger partial charge in [0.05, 0.1) is 23.8 Å². The Labute approximate surface area is 151 Å². The molecule has 1 aromatic heterocycles. The largest absolute Gasteiger partial charge is 0.379 e. The van der Waals surface area contributed by atoms with Crippen molar-refractivity contribution in [1.29, 1.82) is 0 Å². The number of aryl methyl sites for hydroxylation is 1. The third-order valence-electron chi connectivity index (χ3n) is 3.97. The van der Waals surface area contributed by atoms with Gasteiger partial charge in [0.15, 0.2) is 4.80 Å². The van der Waals surface area contributed by atoms with Crippen LogP contribution in [-0.4, -0.2) is 43.6 Å². The number of morpholine rings is 1. The smallest absolute Gasteiger partial charge is 0.243 e. The molecule has 25 heavy (non-hydrogen) atoms. The first-order valence-corrected chi connectivity index (χ1v) is 10.3. The van der Waals surface area contributed by atoms with E-state index < -0.39 is 10.0 Å². The number of thiazole rings is 1. The van der Waals surface area contributed by atoms with Crippen LogP contribution in [0.25, 0.3) is 0 Å². The Kier molecular flexibility index (Phi) is 5.53. The van der Waals surface area contributed by atoms with Crippen molar-refractivity contribution in [2.45, 2.75) is 18.4 Å². The minimum atomic E-state index is -3.47. The number of hydrogen-bond donors (Lipinski definition) is 0. The molecule has 3 rings (SSSR count). The Hall–Kier alpha value is -1.74. The van der Waals surface area contributed by atoms with Gasteiger partial charge in [-0.05, 0) is 31.2 Å². The van der Waals surface area contributed by atoms with Gasteiger partial charge in [0.25, 0.3) is 0 Å². The standard InChI is InChI=1S/C17H21N3O3S2/c1-3-8-20-14(2)13-24-17(20)18-15-4-6-16(7-5-15)25(21,22)19-9-11-23-12-10-19/h3-7,13H,1,8-12H2,2H3. The minimum absolute atomic E-state index is 0.287. The first-order valence-electron chi connectivity index (χ1n) is 8.01. The van der Waals surface area contributed by atoms with E-state index in [1.165, 1.54) is 4.31 Å². The van der Waals surface area contributed by atoms with Gasteiger partial charge >= 0.3 is 0 Å². The number of hydrogen-bond acceptors (Lipinski definition) is 5. The summed E-state index contributed by atoms with van der Waals surface area (Å²) in [6, 6.07) is 6.70. The summed E-state index contributed by atoms with van der Waals surface area (Å²) in [7, 11) is -3.47. The highest BCUT2D eigenvalue weighted by molar-refractivity contribution is 7.89. The number of allylic oxidation sites excluding steroid dienone is 1. The van der Waals surface area contributed by atoms with E-state index in [2.05, 4.69) is 16.1 Å². The summed E-state index contributed by atoms with van der Waals surface area (Å²) in [5, 5.41) is 2.04. The molecule has 1 aromatic carbocycles. The maximum absolute atomic E-state index is 12.6. The van der Waals surface area contributed by atoms with Gasteiger partial charge in [-0.25, -0.2) is 13.4 Å². The maximum atomic E-state index is 12.6. The Morgan fingerprint density at radius 1 is 1.28 bits per heavy atom. The number of sulfonamides is 1. The Morgan fingerprint density at radius 3 is 2.60 bits per heavy atom. The van der Waals surface area contributed by atoms with Crippen LogP contribution in [0.5, 0.6) is 0 Å². The van der Waals surface area contributed by atoms with Crippen LogP contribution in [0.15, 0.2) is 52.2 Å². The summed E-state index contributed by atoms with van der Waals surface area (Å²) in [6.07, 6.45) is 1.83. The van der Waals surface area contributed by atoms with Crippen LogP contribution in [-0.2, 0) is 21.3 Å². The van der Waals surface area contributed by atoms with Crippen LogP contribution in [0.2, 0.25) is 0 Å². The molecule has 0 unspecified atom stereocenters.